The van der Waals surface area contributed by atoms with Gasteiger partial charge in [-0.05, 0) is 190 Å². The third kappa shape index (κ3) is 10.9. The van der Waals surface area contributed by atoms with Crippen molar-refractivity contribution in [3.05, 3.63) is 352 Å². The second kappa shape index (κ2) is 23.6. The van der Waals surface area contributed by atoms with Crippen LogP contribution in [0.5, 0.6) is 0 Å². The van der Waals surface area contributed by atoms with Crippen molar-refractivity contribution in [3.8, 4) is 44.5 Å². The van der Waals surface area contributed by atoms with Gasteiger partial charge in [0.15, 0.2) is 0 Å². The minimum atomic E-state index is 1.09. The van der Waals surface area contributed by atoms with Crippen molar-refractivity contribution in [2.24, 2.45) is 0 Å². The molecule has 0 saturated heterocycles. The summed E-state index contributed by atoms with van der Waals surface area (Å²) in [6, 6.07) is 126. The maximum Gasteiger partial charge on any atom is 0.0462 e. The Morgan fingerprint density at radius 1 is 0.0976 bits per heavy atom. The summed E-state index contributed by atoms with van der Waals surface area (Å²) in [5.74, 6) is 0. The van der Waals surface area contributed by atoms with Crippen LogP contribution in [-0.4, -0.2) is 0 Å². The Balaban J connectivity index is 0.703. The number of benzene rings is 13. The predicted octanol–water partition coefficient (Wildman–Crippen LogP) is 22.2. The van der Waals surface area contributed by atoms with Crippen molar-refractivity contribution in [2.75, 3.05) is 19.6 Å². The molecule has 0 saturated carbocycles. The molecule has 13 aromatic carbocycles. The normalized spacial score (nSPS) is 10.9. The van der Waals surface area contributed by atoms with E-state index in [9.17, 15) is 0 Å². The highest BCUT2D eigenvalue weighted by molar-refractivity contribution is 5.85. The SMILES string of the molecule is c1ccc(N(c2ccccc2)c2ccc(-c3ccc(N(c4ccccc4)c4ccc(-c5ccc(-c6ccc(N(c7ccccc7)c7ccc(-c8ccc(N(c9ccccc9)c9ccccc9)cc8)cc7)cc6)cc5)cc4)cc3)cc2)cc1. The number of para-hydroxylation sites is 6. The van der Waals surface area contributed by atoms with E-state index in [0.29, 0.717) is 0 Å². The molecule has 0 aliphatic carbocycles. The standard InChI is InChI=1S/C78H58N4/c1-7-19-67(20-8-1)79(68-21-9-2-10-22-68)73-47-39-63(40-48-73)65-43-55-77(56-44-65)81(71-27-15-5-16-28-71)75-51-35-61(36-52-75)59-31-33-60(34-32-59)62-37-53-76(54-38-62)82(72-29-17-6-18-30-72)78-57-45-66(46-58-78)64-41-49-74(50-42-64)80(69-23-11-3-12-24-69)70-25-13-4-14-26-70/h1-58H. The highest BCUT2D eigenvalue weighted by Crippen LogP contribution is 2.42. The molecule has 0 N–H and O–H groups in total. The van der Waals surface area contributed by atoms with Crippen molar-refractivity contribution in [3.63, 3.8) is 0 Å². The average Bonchev–Trinajstić information content (AvgIpc) is 3.76. The summed E-state index contributed by atoms with van der Waals surface area (Å²) < 4.78 is 0. The van der Waals surface area contributed by atoms with Crippen molar-refractivity contribution < 1.29 is 0 Å². The molecule has 0 fully saturated rings. The largest absolute Gasteiger partial charge is 0.311 e. The van der Waals surface area contributed by atoms with Crippen LogP contribution in [0.15, 0.2) is 352 Å². The number of hydrogen-bond donors (Lipinski definition) is 0. The Bertz CT molecular complexity index is 3750. The van der Waals surface area contributed by atoms with E-state index in [1.165, 1.54) is 11.1 Å². The third-order valence-electron chi connectivity index (χ3n) is 15.1. The zero-order valence-electron chi connectivity index (χ0n) is 45.3. The number of anilines is 12. The maximum absolute atomic E-state index is 2.32. The van der Waals surface area contributed by atoms with E-state index in [0.717, 1.165) is 102 Å². The molecule has 0 radical (unpaired) electrons. The number of rotatable bonds is 16. The van der Waals surface area contributed by atoms with Gasteiger partial charge in [-0.25, -0.2) is 0 Å². The van der Waals surface area contributed by atoms with Crippen LogP contribution in [0.1, 0.15) is 0 Å². The molecule has 0 amide bonds. The lowest BCUT2D eigenvalue weighted by atomic mass is 9.99. The van der Waals surface area contributed by atoms with Crippen LogP contribution in [-0.2, 0) is 0 Å². The molecule has 0 heterocycles. The molecule has 0 aliphatic heterocycles. The lowest BCUT2D eigenvalue weighted by Gasteiger charge is -2.26. The van der Waals surface area contributed by atoms with Crippen LogP contribution in [0.4, 0.5) is 68.2 Å². The van der Waals surface area contributed by atoms with Crippen molar-refractivity contribution in [2.45, 2.75) is 0 Å². The minimum Gasteiger partial charge on any atom is -0.311 e. The van der Waals surface area contributed by atoms with Gasteiger partial charge in [-0.1, -0.05) is 206 Å². The smallest absolute Gasteiger partial charge is 0.0462 e. The molecular weight excluding hydrogens is 993 g/mol. The second-order valence-electron chi connectivity index (χ2n) is 20.2. The lowest BCUT2D eigenvalue weighted by molar-refractivity contribution is 1.28. The van der Waals surface area contributed by atoms with Crippen LogP contribution in [0.25, 0.3) is 44.5 Å². The first-order valence-corrected chi connectivity index (χ1v) is 27.9. The summed E-state index contributed by atoms with van der Waals surface area (Å²) in [5, 5.41) is 0. The summed E-state index contributed by atoms with van der Waals surface area (Å²) >= 11 is 0. The molecule has 4 heteroatoms. The zero-order chi connectivity index (χ0) is 54.9. The van der Waals surface area contributed by atoms with E-state index in [1.807, 2.05) is 0 Å². The molecule has 13 rings (SSSR count). The quantitative estimate of drug-likeness (QED) is 0.0956. The molecule has 0 bridgehead atoms. The highest BCUT2D eigenvalue weighted by Gasteiger charge is 2.18. The molecule has 13 aromatic rings. The lowest BCUT2D eigenvalue weighted by Crippen LogP contribution is -2.10. The first kappa shape index (κ1) is 50.6. The van der Waals surface area contributed by atoms with Crippen molar-refractivity contribution >= 4 is 68.2 Å². The third-order valence-corrected chi connectivity index (χ3v) is 15.1. The van der Waals surface area contributed by atoms with E-state index in [4.69, 9.17) is 0 Å². The zero-order valence-corrected chi connectivity index (χ0v) is 45.3. The van der Waals surface area contributed by atoms with E-state index in [-0.39, 0.29) is 0 Å². The Morgan fingerprint density at radius 3 is 0.317 bits per heavy atom. The molecule has 0 unspecified atom stereocenters. The molecule has 0 aromatic heterocycles. The summed E-state index contributed by atoms with van der Waals surface area (Å²) in [4.78, 5) is 9.22. The van der Waals surface area contributed by atoms with Crippen molar-refractivity contribution in [1.82, 2.24) is 0 Å². The molecule has 390 valence electrons. The fourth-order valence-electron chi connectivity index (χ4n) is 10.9. The predicted molar refractivity (Wildman–Crippen MR) is 347 cm³/mol. The summed E-state index contributed by atoms with van der Waals surface area (Å²) in [5.41, 5.74) is 22.6. The monoisotopic (exact) mass is 1050 g/mol. The van der Waals surface area contributed by atoms with Crippen LogP contribution >= 0.6 is 0 Å². The Hall–Kier alpha value is -10.9. The van der Waals surface area contributed by atoms with Crippen LogP contribution < -0.4 is 19.6 Å². The fraction of sp³-hybridized carbons (Fsp3) is 0. The van der Waals surface area contributed by atoms with Crippen LogP contribution in [0.2, 0.25) is 0 Å². The van der Waals surface area contributed by atoms with Gasteiger partial charge < -0.3 is 19.6 Å². The number of nitrogens with zero attached hydrogens (tertiary/aromatic N) is 4. The molecule has 0 spiro atoms. The fourth-order valence-corrected chi connectivity index (χ4v) is 10.9. The van der Waals surface area contributed by atoms with Gasteiger partial charge in [-0.3, -0.25) is 0 Å². The summed E-state index contributed by atoms with van der Waals surface area (Å²) in [6.07, 6.45) is 0. The van der Waals surface area contributed by atoms with Gasteiger partial charge in [0.1, 0.15) is 0 Å². The Morgan fingerprint density at radius 2 is 0.195 bits per heavy atom. The average molecular weight is 1050 g/mol. The minimum absolute atomic E-state index is 1.09. The Labute approximate surface area is 481 Å². The molecule has 4 nitrogen and oxygen atoms in total. The van der Waals surface area contributed by atoms with Gasteiger partial charge in [0.25, 0.3) is 0 Å². The first-order valence-electron chi connectivity index (χ1n) is 27.9. The maximum atomic E-state index is 2.32. The van der Waals surface area contributed by atoms with Gasteiger partial charge in [0.2, 0.25) is 0 Å². The van der Waals surface area contributed by atoms with E-state index in [1.54, 1.807) is 0 Å². The van der Waals surface area contributed by atoms with Gasteiger partial charge in [-0.15, -0.1) is 0 Å². The van der Waals surface area contributed by atoms with Crippen LogP contribution in [0, 0.1) is 0 Å². The summed E-state index contributed by atoms with van der Waals surface area (Å²) in [6.45, 7) is 0. The van der Waals surface area contributed by atoms with Gasteiger partial charge >= 0.3 is 0 Å². The molecule has 0 atom stereocenters. The molecule has 82 heavy (non-hydrogen) atoms. The van der Waals surface area contributed by atoms with Gasteiger partial charge in [0.05, 0.1) is 0 Å². The molecular formula is C78H58N4. The second-order valence-corrected chi connectivity index (χ2v) is 20.2. The first-order chi connectivity index (χ1) is 40.7. The van der Waals surface area contributed by atoms with E-state index in [2.05, 4.69) is 371 Å². The molecule has 0 aliphatic rings. The number of hydrogen-bond acceptors (Lipinski definition) is 4. The van der Waals surface area contributed by atoms with Gasteiger partial charge in [0, 0.05) is 68.2 Å². The highest BCUT2D eigenvalue weighted by atomic mass is 15.2. The summed E-state index contributed by atoms with van der Waals surface area (Å²) in [7, 11) is 0. The van der Waals surface area contributed by atoms with Crippen LogP contribution in [0.3, 0.4) is 0 Å². The van der Waals surface area contributed by atoms with Crippen molar-refractivity contribution in [1.29, 1.82) is 0 Å². The topological polar surface area (TPSA) is 13.0 Å². The Kier molecular flexibility index (Phi) is 14.5. The van der Waals surface area contributed by atoms with E-state index < -0.39 is 0 Å². The van der Waals surface area contributed by atoms with Gasteiger partial charge in [-0.2, -0.15) is 0 Å². The van der Waals surface area contributed by atoms with E-state index >= 15 is 0 Å².